The van der Waals surface area contributed by atoms with Crippen molar-refractivity contribution in [3.05, 3.63) is 53.1 Å². The Morgan fingerprint density at radius 1 is 1.00 bits per heavy atom. The minimum atomic E-state index is -0.871. The lowest BCUT2D eigenvalue weighted by atomic mass is 9.83. The van der Waals surface area contributed by atoms with Crippen molar-refractivity contribution >= 4 is 15.9 Å². The Kier molecular flexibility index (Phi) is 4.46. The average Bonchev–Trinajstić information content (AvgIpc) is 2.54. The van der Waals surface area contributed by atoms with E-state index in [4.69, 9.17) is 4.74 Å². The number of aliphatic hydroxyl groups is 1. The molecule has 0 unspecified atom stereocenters. The third-order valence-corrected chi connectivity index (χ3v) is 6.11. The van der Waals surface area contributed by atoms with E-state index >= 15 is 0 Å². The fourth-order valence-electron chi connectivity index (χ4n) is 3.49. The first-order valence-electron chi connectivity index (χ1n) is 8.67. The highest BCUT2D eigenvalue weighted by Crippen LogP contribution is 2.40. The van der Waals surface area contributed by atoms with Crippen LogP contribution in [0.3, 0.4) is 0 Å². The summed E-state index contributed by atoms with van der Waals surface area (Å²) < 4.78 is 5.59. The first-order chi connectivity index (χ1) is 11.1. The van der Waals surface area contributed by atoms with Crippen LogP contribution in [0.4, 0.5) is 0 Å². The fraction of sp³-hybridized carbons (Fsp3) is 0.524. The summed E-state index contributed by atoms with van der Waals surface area (Å²) in [5, 5.41) is 10.8. The van der Waals surface area contributed by atoms with E-state index in [-0.39, 0.29) is 9.74 Å². The van der Waals surface area contributed by atoms with Crippen LogP contribution in [0.1, 0.15) is 50.3 Å². The van der Waals surface area contributed by atoms with Crippen molar-refractivity contribution in [3.8, 4) is 5.75 Å². The minimum absolute atomic E-state index is 0.0917. The molecular formula is C21H27BrO2. The van der Waals surface area contributed by atoms with Crippen LogP contribution in [0.25, 0.3) is 0 Å². The second kappa shape index (κ2) is 6.03. The highest BCUT2D eigenvalue weighted by Gasteiger charge is 2.32. The Balaban J connectivity index is 2.11. The standard InChI is InChI=1S/C21H27BrO2/c1-19(2,3)17-13-15-5-7-20(22)9-11-21(23,12-10-20)8-6-16(14-17)18(15)24-4/h9-14,23H,5-8H2,1-4H3. The first-order valence-corrected chi connectivity index (χ1v) is 9.46. The SMILES string of the molecule is COc1c2cc(C(C)(C)C)cc1CCC1(Br)C=CC(O)(C=C1)CC2. The molecule has 4 rings (SSSR count). The number of hydrogen-bond donors (Lipinski definition) is 1. The van der Waals surface area contributed by atoms with Crippen molar-refractivity contribution < 1.29 is 9.84 Å². The number of alkyl halides is 1. The summed E-state index contributed by atoms with van der Waals surface area (Å²) in [7, 11) is 1.75. The summed E-state index contributed by atoms with van der Waals surface area (Å²) in [6.45, 7) is 6.73. The topological polar surface area (TPSA) is 29.5 Å². The third kappa shape index (κ3) is 3.48. The maximum Gasteiger partial charge on any atom is 0.125 e. The average molecular weight is 391 g/mol. The van der Waals surface area contributed by atoms with E-state index in [0.29, 0.717) is 6.42 Å². The van der Waals surface area contributed by atoms with Crippen molar-refractivity contribution in [2.75, 3.05) is 7.11 Å². The quantitative estimate of drug-likeness (QED) is 0.547. The second-order valence-electron chi connectivity index (χ2n) is 8.16. The lowest BCUT2D eigenvalue weighted by molar-refractivity contribution is 0.130. The van der Waals surface area contributed by atoms with Gasteiger partial charge in [-0.2, -0.15) is 0 Å². The van der Waals surface area contributed by atoms with E-state index in [1.807, 2.05) is 12.2 Å². The van der Waals surface area contributed by atoms with Crippen LogP contribution in [0.15, 0.2) is 36.4 Å². The van der Waals surface area contributed by atoms with Gasteiger partial charge in [-0.3, -0.25) is 0 Å². The molecule has 2 nitrogen and oxygen atoms in total. The summed E-state index contributed by atoms with van der Waals surface area (Å²) in [5.74, 6) is 0.990. The molecule has 1 N–H and O–H groups in total. The van der Waals surface area contributed by atoms with Gasteiger partial charge in [0.1, 0.15) is 11.4 Å². The monoisotopic (exact) mass is 390 g/mol. The molecule has 3 heteroatoms. The number of fused-ring (bicyclic) bond motifs is 2. The summed E-state index contributed by atoms with van der Waals surface area (Å²) >= 11 is 3.83. The molecular weight excluding hydrogens is 364 g/mol. The minimum Gasteiger partial charge on any atom is -0.496 e. The molecule has 0 aromatic heterocycles. The summed E-state index contributed by atoms with van der Waals surface area (Å²) in [6.07, 6.45) is 11.4. The highest BCUT2D eigenvalue weighted by molar-refractivity contribution is 9.10. The van der Waals surface area contributed by atoms with E-state index < -0.39 is 5.60 Å². The van der Waals surface area contributed by atoms with Gasteiger partial charge in [-0.1, -0.05) is 73.1 Å². The van der Waals surface area contributed by atoms with Gasteiger partial charge in [0.05, 0.1) is 11.4 Å². The van der Waals surface area contributed by atoms with Crippen LogP contribution in [-0.4, -0.2) is 22.1 Å². The highest BCUT2D eigenvalue weighted by atomic mass is 79.9. The molecule has 0 spiro atoms. The van der Waals surface area contributed by atoms with E-state index in [9.17, 15) is 5.11 Å². The Morgan fingerprint density at radius 3 is 2.04 bits per heavy atom. The number of ether oxygens (including phenoxy) is 1. The van der Waals surface area contributed by atoms with Crippen LogP contribution in [0.5, 0.6) is 5.75 Å². The first kappa shape index (κ1) is 17.8. The Labute approximate surface area is 153 Å². The summed E-state index contributed by atoms with van der Waals surface area (Å²) in [6, 6.07) is 4.55. The predicted octanol–water partition coefficient (Wildman–Crippen LogP) is 4.86. The molecule has 0 radical (unpaired) electrons. The van der Waals surface area contributed by atoms with Gasteiger partial charge in [0.2, 0.25) is 0 Å². The lowest BCUT2D eigenvalue weighted by Gasteiger charge is -2.29. The number of halogens is 1. The molecule has 24 heavy (non-hydrogen) atoms. The maximum atomic E-state index is 10.8. The van der Waals surface area contributed by atoms with Gasteiger partial charge in [0.15, 0.2) is 0 Å². The number of hydrogen-bond acceptors (Lipinski definition) is 2. The van der Waals surface area contributed by atoms with Gasteiger partial charge in [-0.25, -0.2) is 0 Å². The molecule has 0 atom stereocenters. The zero-order chi connectivity index (χ0) is 17.6. The van der Waals surface area contributed by atoms with E-state index in [2.05, 4.69) is 61.0 Å². The second-order valence-corrected chi connectivity index (χ2v) is 9.64. The van der Waals surface area contributed by atoms with Crippen molar-refractivity contribution in [3.63, 3.8) is 0 Å². The molecule has 0 fully saturated rings. The van der Waals surface area contributed by atoms with Crippen molar-refractivity contribution in [2.24, 2.45) is 0 Å². The van der Waals surface area contributed by atoms with Crippen molar-refractivity contribution in [1.29, 1.82) is 0 Å². The van der Waals surface area contributed by atoms with Gasteiger partial charge < -0.3 is 9.84 Å². The van der Waals surface area contributed by atoms with Crippen LogP contribution in [-0.2, 0) is 18.3 Å². The van der Waals surface area contributed by atoms with Crippen molar-refractivity contribution in [1.82, 2.24) is 0 Å². The number of benzene rings is 1. The molecule has 0 aliphatic heterocycles. The lowest BCUT2D eigenvalue weighted by Crippen LogP contribution is -2.30. The smallest absolute Gasteiger partial charge is 0.125 e. The normalized spacial score (nSPS) is 29.4. The Morgan fingerprint density at radius 2 is 1.54 bits per heavy atom. The molecule has 3 aliphatic carbocycles. The molecule has 1 aromatic carbocycles. The van der Waals surface area contributed by atoms with Crippen LogP contribution in [0, 0.1) is 0 Å². The summed E-state index contributed by atoms with van der Waals surface area (Å²) in [4.78, 5) is 0. The third-order valence-electron chi connectivity index (χ3n) is 5.18. The summed E-state index contributed by atoms with van der Waals surface area (Å²) in [5.41, 5.74) is 3.01. The number of methoxy groups -OCH3 is 1. The molecule has 0 amide bonds. The molecule has 4 bridgehead atoms. The molecule has 1 aromatic rings. The largest absolute Gasteiger partial charge is 0.496 e. The van der Waals surface area contributed by atoms with Gasteiger partial charge >= 0.3 is 0 Å². The van der Waals surface area contributed by atoms with Crippen LogP contribution >= 0.6 is 15.9 Å². The number of aryl methyl sites for hydroxylation is 2. The number of rotatable bonds is 1. The zero-order valence-electron chi connectivity index (χ0n) is 15.0. The van der Waals surface area contributed by atoms with Gasteiger partial charge in [0.25, 0.3) is 0 Å². The predicted molar refractivity (Wildman–Crippen MR) is 103 cm³/mol. The molecule has 0 saturated carbocycles. The van der Waals surface area contributed by atoms with Gasteiger partial charge in [0, 0.05) is 0 Å². The molecule has 130 valence electrons. The van der Waals surface area contributed by atoms with Crippen LogP contribution in [0.2, 0.25) is 0 Å². The van der Waals surface area contributed by atoms with Crippen molar-refractivity contribution in [2.45, 2.75) is 61.8 Å². The Hall–Kier alpha value is -1.06. The number of allylic oxidation sites excluding steroid dienone is 2. The van der Waals surface area contributed by atoms with Gasteiger partial charge in [-0.15, -0.1) is 0 Å². The molecule has 0 heterocycles. The zero-order valence-corrected chi connectivity index (χ0v) is 16.6. The molecule has 3 aliphatic rings. The van der Waals surface area contributed by atoms with Gasteiger partial charge in [-0.05, 0) is 47.8 Å². The van der Waals surface area contributed by atoms with Crippen LogP contribution < -0.4 is 4.74 Å². The van der Waals surface area contributed by atoms with E-state index in [1.165, 1.54) is 16.7 Å². The maximum absolute atomic E-state index is 10.8. The molecule has 0 saturated heterocycles. The Bertz CT molecular complexity index is 633. The van der Waals surface area contributed by atoms with E-state index in [1.54, 1.807) is 7.11 Å². The van der Waals surface area contributed by atoms with E-state index in [0.717, 1.165) is 25.0 Å². The fourth-order valence-corrected chi connectivity index (χ4v) is 3.95.